The smallest absolute Gasteiger partial charge is 0.432 e. The van der Waals surface area contributed by atoms with Crippen LogP contribution in [-0.4, -0.2) is 25.2 Å². The molecule has 9 heteroatoms. The molecule has 0 spiro atoms. The lowest BCUT2D eigenvalue weighted by atomic mass is 9.71. The van der Waals surface area contributed by atoms with Gasteiger partial charge in [-0.05, 0) is 68.4 Å². The van der Waals surface area contributed by atoms with Crippen LogP contribution in [0.5, 0.6) is 11.5 Å². The first kappa shape index (κ1) is 23.5. The third kappa shape index (κ3) is 5.64. The van der Waals surface area contributed by atoms with E-state index in [1.165, 1.54) is 19.3 Å². The Morgan fingerprint density at radius 1 is 0.781 bits per heavy atom. The molecule has 3 nitrogen and oxygen atoms in total. The molecule has 3 fully saturated rings. The van der Waals surface area contributed by atoms with Gasteiger partial charge in [-0.25, -0.2) is 4.39 Å². The molecule has 1 heterocycles. The van der Waals surface area contributed by atoms with Gasteiger partial charge in [-0.3, -0.25) is 0 Å². The predicted octanol–water partition coefficient (Wildman–Crippen LogP) is 7.10. The van der Waals surface area contributed by atoms with Crippen LogP contribution >= 0.6 is 0 Å². The van der Waals surface area contributed by atoms with Crippen LogP contribution in [0.1, 0.15) is 57.8 Å². The average Bonchev–Trinajstić information content (AvgIpc) is 2.68. The maximum atomic E-state index is 14.7. The van der Waals surface area contributed by atoms with Crippen molar-refractivity contribution in [2.24, 2.45) is 23.7 Å². The molecule has 1 aromatic rings. The zero-order chi connectivity index (χ0) is 22.9. The van der Waals surface area contributed by atoms with Gasteiger partial charge < -0.3 is 14.2 Å². The minimum atomic E-state index is -5.08. The van der Waals surface area contributed by atoms with Gasteiger partial charge in [-0.2, -0.15) is 8.78 Å². The summed E-state index contributed by atoms with van der Waals surface area (Å²) in [5, 5.41) is 0. The summed E-state index contributed by atoms with van der Waals surface area (Å²) in [6.45, 7) is 0.772. The molecule has 0 N–H and O–H groups in total. The molecule has 2 aliphatic carbocycles. The van der Waals surface area contributed by atoms with Crippen molar-refractivity contribution in [1.29, 1.82) is 0 Å². The van der Waals surface area contributed by atoms with E-state index in [0.29, 0.717) is 30.9 Å². The van der Waals surface area contributed by atoms with Gasteiger partial charge in [0.1, 0.15) is 5.75 Å². The summed E-state index contributed by atoms with van der Waals surface area (Å²) in [6, 6.07) is 1.95. The number of alkyl halides is 5. The molecule has 32 heavy (non-hydrogen) atoms. The van der Waals surface area contributed by atoms with Gasteiger partial charge in [-0.15, -0.1) is 13.2 Å². The Labute approximate surface area is 183 Å². The van der Waals surface area contributed by atoms with Crippen molar-refractivity contribution >= 4 is 0 Å². The van der Waals surface area contributed by atoms with E-state index in [0.717, 1.165) is 31.4 Å². The number of hydrogen-bond donors (Lipinski definition) is 0. The van der Waals surface area contributed by atoms with Crippen LogP contribution in [0.15, 0.2) is 18.2 Å². The van der Waals surface area contributed by atoms with Crippen LogP contribution in [0.4, 0.5) is 26.3 Å². The second-order valence-corrected chi connectivity index (χ2v) is 9.32. The van der Waals surface area contributed by atoms with Crippen molar-refractivity contribution in [3.05, 3.63) is 24.0 Å². The van der Waals surface area contributed by atoms with E-state index >= 15 is 0 Å². The van der Waals surface area contributed by atoms with Crippen LogP contribution in [0, 0.1) is 29.5 Å². The number of halogens is 6. The first-order valence-electron chi connectivity index (χ1n) is 11.3. The molecule has 4 rings (SSSR count). The Morgan fingerprint density at radius 3 is 2.00 bits per heavy atom. The summed E-state index contributed by atoms with van der Waals surface area (Å²) in [6.07, 6.45) is -0.767. The molecular formula is C23H28F6O3. The molecule has 1 aromatic carbocycles. The third-order valence-electron chi connectivity index (χ3n) is 7.32. The van der Waals surface area contributed by atoms with Crippen LogP contribution in [0.3, 0.4) is 0 Å². The summed E-state index contributed by atoms with van der Waals surface area (Å²) < 4.78 is 94.1. The van der Waals surface area contributed by atoms with E-state index < -0.39 is 35.7 Å². The quantitative estimate of drug-likeness (QED) is 0.419. The van der Waals surface area contributed by atoms with Crippen molar-refractivity contribution in [2.45, 2.75) is 76.4 Å². The van der Waals surface area contributed by atoms with E-state index in [1.54, 1.807) is 0 Å². The molecule has 1 saturated heterocycles. The second kappa shape index (κ2) is 9.31. The molecule has 2 saturated carbocycles. The molecule has 1 aliphatic heterocycles. The fraction of sp³-hybridized carbons (Fsp3) is 0.739. The maximum absolute atomic E-state index is 14.7. The minimum Gasteiger partial charge on any atom is -0.432 e. The summed E-state index contributed by atoms with van der Waals surface area (Å²) in [5.41, 5.74) is 0. The monoisotopic (exact) mass is 466 g/mol. The number of hydrogen-bond acceptors (Lipinski definition) is 3. The third-order valence-corrected chi connectivity index (χ3v) is 7.32. The van der Waals surface area contributed by atoms with Gasteiger partial charge in [0.15, 0.2) is 11.6 Å². The molecule has 2 atom stereocenters. The minimum absolute atomic E-state index is 0.122. The average molecular weight is 466 g/mol. The Bertz CT molecular complexity index is 763. The highest BCUT2D eigenvalue weighted by molar-refractivity contribution is 5.33. The van der Waals surface area contributed by atoms with Crippen LogP contribution < -0.4 is 9.47 Å². The lowest BCUT2D eigenvalue weighted by Crippen LogP contribution is -2.41. The number of rotatable bonds is 6. The lowest BCUT2D eigenvalue weighted by Gasteiger charge is -2.42. The van der Waals surface area contributed by atoms with Gasteiger partial charge in [0.05, 0.1) is 18.6 Å². The van der Waals surface area contributed by atoms with Gasteiger partial charge in [0.25, 0.3) is 0 Å². The summed E-state index contributed by atoms with van der Waals surface area (Å²) >= 11 is 0. The van der Waals surface area contributed by atoms with Gasteiger partial charge in [0.2, 0.25) is 0 Å². The second-order valence-electron chi connectivity index (χ2n) is 9.32. The Hall–Kier alpha value is -1.64. The predicted molar refractivity (Wildman–Crippen MR) is 104 cm³/mol. The largest absolute Gasteiger partial charge is 0.573 e. The highest BCUT2D eigenvalue weighted by Crippen LogP contribution is 2.45. The van der Waals surface area contributed by atoms with Gasteiger partial charge in [0, 0.05) is 6.07 Å². The lowest BCUT2D eigenvalue weighted by molar-refractivity contribution is -0.275. The highest BCUT2D eigenvalue weighted by Gasteiger charge is 2.46. The van der Waals surface area contributed by atoms with Crippen molar-refractivity contribution in [2.75, 3.05) is 6.61 Å². The Kier molecular flexibility index (Phi) is 6.84. The van der Waals surface area contributed by atoms with Crippen molar-refractivity contribution in [1.82, 2.24) is 0 Å². The molecule has 2 unspecified atom stereocenters. The van der Waals surface area contributed by atoms with Crippen LogP contribution in [0.25, 0.3) is 0 Å². The summed E-state index contributed by atoms with van der Waals surface area (Å²) in [4.78, 5) is 0. The first-order valence-corrected chi connectivity index (χ1v) is 11.3. The SMILES string of the molecule is Fc1cc(OC(F)(F)C2CCC(C3CCC(C4CCC4)CO3)CC2)ccc1OC(F)(F)F. The summed E-state index contributed by atoms with van der Waals surface area (Å²) in [7, 11) is 0. The fourth-order valence-corrected chi connectivity index (χ4v) is 5.27. The Morgan fingerprint density at radius 2 is 1.47 bits per heavy atom. The maximum Gasteiger partial charge on any atom is 0.573 e. The Balaban J connectivity index is 1.27. The molecular weight excluding hydrogens is 438 g/mol. The van der Waals surface area contributed by atoms with E-state index in [9.17, 15) is 26.3 Å². The molecule has 3 aliphatic rings. The van der Waals surface area contributed by atoms with E-state index in [4.69, 9.17) is 9.47 Å². The fourth-order valence-electron chi connectivity index (χ4n) is 5.27. The van der Waals surface area contributed by atoms with Crippen molar-refractivity contribution in [3.8, 4) is 11.5 Å². The van der Waals surface area contributed by atoms with Crippen molar-refractivity contribution in [3.63, 3.8) is 0 Å². The van der Waals surface area contributed by atoms with E-state index in [-0.39, 0.29) is 24.9 Å². The normalized spacial score (nSPS) is 29.9. The van der Waals surface area contributed by atoms with Gasteiger partial charge >= 0.3 is 12.5 Å². The molecule has 180 valence electrons. The number of ether oxygens (including phenoxy) is 3. The molecule has 0 bridgehead atoms. The molecule has 0 aromatic heterocycles. The van der Waals surface area contributed by atoms with E-state index in [1.807, 2.05) is 0 Å². The van der Waals surface area contributed by atoms with Crippen molar-refractivity contribution < 1.29 is 40.6 Å². The zero-order valence-corrected chi connectivity index (χ0v) is 17.7. The van der Waals surface area contributed by atoms with Crippen LogP contribution in [0.2, 0.25) is 0 Å². The topological polar surface area (TPSA) is 27.7 Å². The molecule has 0 amide bonds. The first-order chi connectivity index (χ1) is 15.1. The van der Waals surface area contributed by atoms with Gasteiger partial charge in [-0.1, -0.05) is 19.3 Å². The number of benzene rings is 1. The van der Waals surface area contributed by atoms with Crippen LogP contribution in [-0.2, 0) is 4.74 Å². The standard InChI is InChI=1S/C23H28F6O3/c24-19-12-18(9-11-21(19)32-23(27,28)29)31-22(25,26)17-7-4-15(5-8-17)20-10-6-16(13-30-20)14-2-1-3-14/h9,11-12,14-17,20H,1-8,10,13H2. The molecule has 0 radical (unpaired) electrons. The van der Waals surface area contributed by atoms with E-state index in [2.05, 4.69) is 4.74 Å². The highest BCUT2D eigenvalue weighted by atomic mass is 19.4. The summed E-state index contributed by atoms with van der Waals surface area (Å²) in [5.74, 6) is -2.42. The zero-order valence-electron chi connectivity index (χ0n) is 17.7.